The number of ether oxygens (including phenoxy) is 1. The van der Waals surface area contributed by atoms with Crippen LogP contribution in [0.3, 0.4) is 0 Å². The lowest BCUT2D eigenvalue weighted by Gasteiger charge is -2.47. The van der Waals surface area contributed by atoms with Crippen molar-refractivity contribution in [3.05, 3.63) is 77.2 Å². The molecule has 5 aliphatic heterocycles. The number of rotatable bonds is 12. The quantitative estimate of drug-likeness (QED) is 0.104. The fraction of sp³-hybridized carbons (Fsp3) is 0.554. The molecule has 3 N–H and O–H groups in total. The number of imide groups is 1. The summed E-state index contributed by atoms with van der Waals surface area (Å²) in [5.41, 5.74) is 2.58. The average molecular weight is 986 g/mol. The first-order chi connectivity index (χ1) is 34.9. The van der Waals surface area contributed by atoms with E-state index in [-0.39, 0.29) is 46.8 Å². The number of carbonyl (C=O) groups is 2. The third-order valence-electron chi connectivity index (χ3n) is 17.9. The van der Waals surface area contributed by atoms with E-state index in [9.17, 15) is 14.7 Å². The number of aromatic nitrogens is 3. The first-order valence-corrected chi connectivity index (χ1v) is 26.7. The monoisotopic (exact) mass is 986 g/mol. The van der Waals surface area contributed by atoms with E-state index < -0.39 is 35.2 Å². The van der Waals surface area contributed by atoms with Crippen LogP contribution in [0.4, 0.5) is 24.7 Å². The molecule has 2 bridgehead atoms. The molecule has 5 saturated heterocycles. The van der Waals surface area contributed by atoms with Crippen LogP contribution >= 0.6 is 0 Å². The molecule has 1 spiro atoms. The topological polar surface area (TPSA) is 139 Å². The molecule has 7 fully saturated rings. The largest absolute Gasteiger partial charge is 0.508 e. The van der Waals surface area contributed by atoms with Gasteiger partial charge in [-0.3, -0.25) is 24.8 Å². The predicted octanol–water partition coefficient (Wildman–Crippen LogP) is 8.24. The zero-order valence-electron chi connectivity index (χ0n) is 41.3. The van der Waals surface area contributed by atoms with Gasteiger partial charge in [0.15, 0.2) is 5.82 Å². The molecule has 380 valence electrons. The standard InChI is InChI=1S/C56H66F3N9O4/c1-2-35-4-3-5-36-24-40(69)27-42(47(35)36)50-49(59)51-43(28-60-50)52(68-30-37-6-7-38(31-68)61-37)64-54(63-51)72-33-56(14-15-56)32-66-18-16-55(17-19-66)12-10-34(11-13-55)29-65-20-22-67(23-21-65)39-25-44(57)48(45(58)26-39)41-8-9-46(70)62-53(41)71/h3-5,24-28,34,37-38,41,61,69H,2,6-23,29-33H2,1H3,(H,62,70,71). The molecule has 72 heavy (non-hydrogen) atoms. The molecule has 7 aliphatic rings. The number of phenols is 1. The number of fused-ring (bicyclic) bond motifs is 4. The second-order valence-electron chi connectivity index (χ2n) is 22.5. The summed E-state index contributed by atoms with van der Waals surface area (Å²) in [7, 11) is 0. The number of hydrogen-bond acceptors (Lipinski definition) is 12. The van der Waals surface area contributed by atoms with Crippen LogP contribution in [-0.4, -0.2) is 126 Å². The highest BCUT2D eigenvalue weighted by molar-refractivity contribution is 6.02. The summed E-state index contributed by atoms with van der Waals surface area (Å²) in [5, 5.41) is 19.0. The van der Waals surface area contributed by atoms with Crippen LogP contribution in [0.15, 0.2) is 48.7 Å². The van der Waals surface area contributed by atoms with Gasteiger partial charge in [0.05, 0.1) is 17.9 Å². The Bertz CT molecular complexity index is 2870. The number of pyridine rings is 1. The number of nitrogens with one attached hydrogen (secondary N) is 2. The van der Waals surface area contributed by atoms with E-state index in [4.69, 9.17) is 19.7 Å². The van der Waals surface area contributed by atoms with E-state index in [1.54, 1.807) is 18.3 Å². The summed E-state index contributed by atoms with van der Waals surface area (Å²) in [4.78, 5) is 48.0. The van der Waals surface area contributed by atoms with E-state index in [0.717, 1.165) is 101 Å². The van der Waals surface area contributed by atoms with Crippen molar-refractivity contribution >= 4 is 45.0 Å². The highest BCUT2D eigenvalue weighted by Gasteiger charge is 2.47. The molecule has 13 nitrogen and oxygen atoms in total. The van der Waals surface area contributed by atoms with E-state index >= 15 is 13.2 Å². The molecule has 5 aromatic rings. The van der Waals surface area contributed by atoms with Gasteiger partial charge >= 0.3 is 6.01 Å². The number of piperazine rings is 2. The van der Waals surface area contributed by atoms with Gasteiger partial charge in [0.1, 0.15) is 34.4 Å². The van der Waals surface area contributed by atoms with E-state index in [1.165, 1.54) is 50.7 Å². The van der Waals surface area contributed by atoms with E-state index in [0.29, 0.717) is 65.6 Å². The van der Waals surface area contributed by atoms with Crippen molar-refractivity contribution in [2.45, 2.75) is 108 Å². The van der Waals surface area contributed by atoms with Gasteiger partial charge in [-0.25, -0.2) is 13.2 Å². The molecule has 2 amide bonds. The van der Waals surface area contributed by atoms with Gasteiger partial charge in [0, 0.05) is 99.3 Å². The molecule has 2 aliphatic carbocycles. The number of nitrogens with zero attached hydrogens (tertiary/aromatic N) is 7. The van der Waals surface area contributed by atoms with Gasteiger partial charge in [-0.15, -0.1) is 0 Å². The molecular weight excluding hydrogens is 920 g/mol. The molecule has 3 aromatic carbocycles. The molecule has 12 rings (SSSR count). The van der Waals surface area contributed by atoms with Gasteiger partial charge in [-0.05, 0) is 142 Å². The van der Waals surface area contributed by atoms with Crippen LogP contribution in [-0.2, 0) is 16.0 Å². The Kier molecular flexibility index (Phi) is 12.5. The average Bonchev–Trinajstić information content (AvgIpc) is 4.07. The molecule has 3 unspecified atom stereocenters. The number of carbonyl (C=O) groups excluding carboxylic acids is 2. The van der Waals surface area contributed by atoms with Crippen molar-refractivity contribution in [3.8, 4) is 23.0 Å². The Morgan fingerprint density at radius 2 is 1.56 bits per heavy atom. The number of benzene rings is 3. The fourth-order valence-electron chi connectivity index (χ4n) is 13.4. The first kappa shape index (κ1) is 47.4. The van der Waals surface area contributed by atoms with Gasteiger partial charge in [0.25, 0.3) is 0 Å². The molecular formula is C56H66F3N9O4. The van der Waals surface area contributed by atoms with Crippen molar-refractivity contribution in [2.75, 3.05) is 81.9 Å². The van der Waals surface area contributed by atoms with Crippen LogP contribution in [0.1, 0.15) is 101 Å². The van der Waals surface area contributed by atoms with Gasteiger partial charge < -0.3 is 29.9 Å². The van der Waals surface area contributed by atoms with Crippen molar-refractivity contribution in [2.24, 2.45) is 16.7 Å². The minimum Gasteiger partial charge on any atom is -0.508 e. The highest BCUT2D eigenvalue weighted by Crippen LogP contribution is 2.50. The van der Waals surface area contributed by atoms with Crippen LogP contribution in [0.5, 0.6) is 11.8 Å². The Hall–Kier alpha value is -5.58. The second-order valence-corrected chi connectivity index (χ2v) is 22.5. The number of aryl methyl sites for hydroxylation is 1. The third-order valence-corrected chi connectivity index (χ3v) is 17.9. The Balaban J connectivity index is 0.661. The van der Waals surface area contributed by atoms with Crippen LogP contribution < -0.4 is 25.2 Å². The second kappa shape index (κ2) is 19.0. The van der Waals surface area contributed by atoms with E-state index in [2.05, 4.69) is 32.3 Å². The fourth-order valence-corrected chi connectivity index (χ4v) is 13.4. The SMILES string of the molecule is CCc1cccc2cc(O)cc(-c3ncc4c(N5CC6CCC(C5)N6)nc(OCC5(CN6CCC7(CCC(CN8CCN(c9cc(F)c(C%10CCC(=O)NC%10=O)c(F)c9)CC8)CC7)CC6)CC5)nc4c3F)c12. The van der Waals surface area contributed by atoms with Gasteiger partial charge in [0.2, 0.25) is 11.8 Å². The number of halogens is 3. The lowest BCUT2D eigenvalue weighted by Crippen LogP contribution is -2.51. The minimum absolute atomic E-state index is 0.0133. The molecule has 3 atom stereocenters. The smallest absolute Gasteiger partial charge is 0.319 e. The van der Waals surface area contributed by atoms with Crippen LogP contribution in [0.25, 0.3) is 32.9 Å². The maximum Gasteiger partial charge on any atom is 0.319 e. The van der Waals surface area contributed by atoms with Crippen molar-refractivity contribution in [3.63, 3.8) is 0 Å². The number of aromatic hydroxyl groups is 1. The number of likely N-dealkylation sites (tertiary alicyclic amines) is 1. The maximum atomic E-state index is 17.2. The maximum absolute atomic E-state index is 17.2. The lowest BCUT2D eigenvalue weighted by atomic mass is 9.65. The van der Waals surface area contributed by atoms with Crippen molar-refractivity contribution in [1.82, 2.24) is 35.4 Å². The van der Waals surface area contributed by atoms with Crippen molar-refractivity contribution in [1.29, 1.82) is 0 Å². The molecule has 0 radical (unpaired) electrons. The van der Waals surface area contributed by atoms with Crippen molar-refractivity contribution < 1.29 is 32.6 Å². The summed E-state index contributed by atoms with van der Waals surface area (Å²) in [6.45, 7) is 11.3. The van der Waals surface area contributed by atoms with E-state index in [1.807, 2.05) is 23.1 Å². The number of amides is 2. The predicted molar refractivity (Wildman–Crippen MR) is 271 cm³/mol. The highest BCUT2D eigenvalue weighted by atomic mass is 19.1. The van der Waals surface area contributed by atoms with Crippen LogP contribution in [0, 0.1) is 34.2 Å². The lowest BCUT2D eigenvalue weighted by molar-refractivity contribution is -0.134. The molecule has 16 heteroatoms. The normalized spacial score (nSPS) is 24.6. The molecule has 2 saturated carbocycles. The zero-order valence-corrected chi connectivity index (χ0v) is 41.3. The minimum atomic E-state index is -0.998. The van der Waals surface area contributed by atoms with Crippen LogP contribution in [0.2, 0.25) is 0 Å². The summed E-state index contributed by atoms with van der Waals surface area (Å²) in [6, 6.07) is 12.8. The Morgan fingerprint density at radius 1 is 0.819 bits per heavy atom. The summed E-state index contributed by atoms with van der Waals surface area (Å²) in [6.07, 6.45) is 14.3. The first-order valence-electron chi connectivity index (χ1n) is 26.7. The van der Waals surface area contributed by atoms with Gasteiger partial charge in [-0.1, -0.05) is 25.1 Å². The molecule has 2 aromatic heterocycles. The third kappa shape index (κ3) is 9.24. The Labute approximate surface area is 418 Å². The molecule has 7 heterocycles. The zero-order chi connectivity index (χ0) is 49.3. The summed E-state index contributed by atoms with van der Waals surface area (Å²) >= 11 is 0. The van der Waals surface area contributed by atoms with Gasteiger partial charge in [-0.2, -0.15) is 9.97 Å². The summed E-state index contributed by atoms with van der Waals surface area (Å²) in [5.74, 6) is -2.70. The number of phenolic OH excluding ortho intramolecular Hbond substituents is 1. The number of anilines is 2. The number of hydrogen-bond donors (Lipinski definition) is 3. The number of piperidine rings is 2. The Morgan fingerprint density at radius 3 is 2.25 bits per heavy atom. The summed E-state index contributed by atoms with van der Waals surface area (Å²) < 4.78 is 54.4.